The summed E-state index contributed by atoms with van der Waals surface area (Å²) in [5.41, 5.74) is 2.04. The molecule has 1 fully saturated rings. The third-order valence-corrected chi connectivity index (χ3v) is 4.61. The van der Waals surface area contributed by atoms with Crippen LogP contribution < -0.4 is 0 Å². The molecule has 2 aromatic rings. The van der Waals surface area contributed by atoms with Crippen molar-refractivity contribution in [2.24, 2.45) is 0 Å². The lowest BCUT2D eigenvalue weighted by Gasteiger charge is -2.31. The fourth-order valence-corrected chi connectivity index (χ4v) is 3.09. The Morgan fingerprint density at radius 1 is 1.04 bits per heavy atom. The number of carbonyl (C=O) groups excluding carboxylic acids is 1. The highest BCUT2D eigenvalue weighted by atomic mass is 17.0. The average molecular weight is 354 g/mol. The van der Waals surface area contributed by atoms with Crippen LogP contribution in [-0.2, 0) is 27.6 Å². The highest BCUT2D eigenvalue weighted by Gasteiger charge is 2.29. The molecule has 1 heterocycles. The van der Waals surface area contributed by atoms with Gasteiger partial charge in [0.15, 0.2) is 0 Å². The normalized spacial score (nSPS) is 18.0. The number of nitrogens with zero attached hydrogens (tertiary/aromatic N) is 2. The molecule has 1 saturated heterocycles. The van der Waals surface area contributed by atoms with Crippen molar-refractivity contribution in [1.82, 2.24) is 10.1 Å². The zero-order chi connectivity index (χ0) is 18.2. The van der Waals surface area contributed by atoms with Gasteiger partial charge < -0.3 is 4.84 Å². The highest BCUT2D eigenvalue weighted by Crippen LogP contribution is 2.18. The van der Waals surface area contributed by atoms with Gasteiger partial charge in [-0.25, -0.2) is 4.79 Å². The Hall–Kier alpha value is -2.21. The molecular formula is C21H26N2O3. The minimum Gasteiger partial charge on any atom is -0.340 e. The van der Waals surface area contributed by atoms with Gasteiger partial charge in [0.2, 0.25) is 0 Å². The predicted octanol–water partition coefficient (Wildman–Crippen LogP) is 3.56. The van der Waals surface area contributed by atoms with Crippen LogP contribution in [0.25, 0.3) is 0 Å². The molecule has 5 heteroatoms. The summed E-state index contributed by atoms with van der Waals surface area (Å²) in [6.07, 6.45) is 3.00. The van der Waals surface area contributed by atoms with Crippen molar-refractivity contribution < 1.29 is 14.5 Å². The molecule has 0 N–H and O–H groups in total. The molecule has 1 aliphatic heterocycles. The number of rotatable bonds is 7. The molecule has 0 amide bonds. The van der Waals surface area contributed by atoms with Gasteiger partial charge in [-0.3, -0.25) is 9.74 Å². The molecule has 0 aliphatic carbocycles. The van der Waals surface area contributed by atoms with E-state index in [-0.39, 0.29) is 12.0 Å². The number of carbonyl (C=O) groups is 1. The van der Waals surface area contributed by atoms with Gasteiger partial charge in [0.1, 0.15) is 6.04 Å². The number of hydrogen-bond donors (Lipinski definition) is 0. The van der Waals surface area contributed by atoms with Crippen LogP contribution in [0.3, 0.4) is 0 Å². The third-order valence-electron chi connectivity index (χ3n) is 4.61. The van der Waals surface area contributed by atoms with Crippen molar-refractivity contribution in [1.29, 1.82) is 0 Å². The second kappa shape index (κ2) is 9.48. The molecule has 138 valence electrons. The molecule has 0 saturated carbocycles. The minimum absolute atomic E-state index is 0.206. The second-order valence-corrected chi connectivity index (χ2v) is 6.64. The average Bonchev–Trinajstić information content (AvgIpc) is 2.68. The summed E-state index contributed by atoms with van der Waals surface area (Å²) in [5.74, 6) is -0.254. The lowest BCUT2D eigenvalue weighted by atomic mass is 10.0. The lowest BCUT2D eigenvalue weighted by molar-refractivity contribution is -0.360. The van der Waals surface area contributed by atoms with Crippen molar-refractivity contribution in [3.63, 3.8) is 0 Å². The zero-order valence-corrected chi connectivity index (χ0v) is 15.2. The Morgan fingerprint density at radius 3 is 2.35 bits per heavy atom. The van der Waals surface area contributed by atoms with E-state index >= 15 is 0 Å². The van der Waals surface area contributed by atoms with E-state index in [0.717, 1.165) is 36.9 Å². The molecule has 5 nitrogen and oxygen atoms in total. The van der Waals surface area contributed by atoms with Gasteiger partial charge in [0.05, 0.1) is 13.2 Å². The summed E-state index contributed by atoms with van der Waals surface area (Å²) in [5, 5.41) is 1.31. The summed E-state index contributed by atoms with van der Waals surface area (Å²) in [7, 11) is 1.97. The maximum atomic E-state index is 12.6. The maximum absolute atomic E-state index is 12.6. The second-order valence-electron chi connectivity index (χ2n) is 6.64. The first-order valence-corrected chi connectivity index (χ1v) is 9.13. The van der Waals surface area contributed by atoms with Crippen molar-refractivity contribution in [2.75, 3.05) is 13.6 Å². The summed E-state index contributed by atoms with van der Waals surface area (Å²) in [6, 6.07) is 19.5. The first kappa shape index (κ1) is 18.6. The van der Waals surface area contributed by atoms with Gasteiger partial charge in [-0.05, 0) is 42.8 Å². The molecule has 0 spiro atoms. The molecule has 2 aromatic carbocycles. The van der Waals surface area contributed by atoms with E-state index < -0.39 is 0 Å². The van der Waals surface area contributed by atoms with Gasteiger partial charge in [0, 0.05) is 0 Å². The molecule has 0 bridgehead atoms. The number of likely N-dealkylation sites (tertiary alicyclic amines) is 1. The van der Waals surface area contributed by atoms with Crippen LogP contribution in [-0.4, -0.2) is 35.7 Å². The lowest BCUT2D eigenvalue weighted by Crippen LogP contribution is -2.45. The quantitative estimate of drug-likeness (QED) is 0.711. The van der Waals surface area contributed by atoms with E-state index in [9.17, 15) is 4.79 Å². The van der Waals surface area contributed by atoms with Crippen LogP contribution in [0.4, 0.5) is 0 Å². The number of hydroxylamine groups is 2. The van der Waals surface area contributed by atoms with Crippen LogP contribution in [0, 0.1) is 0 Å². The molecule has 3 rings (SSSR count). The monoisotopic (exact) mass is 354 g/mol. The summed E-state index contributed by atoms with van der Waals surface area (Å²) in [4.78, 5) is 26.1. The van der Waals surface area contributed by atoms with Crippen molar-refractivity contribution in [2.45, 2.75) is 38.5 Å². The van der Waals surface area contributed by atoms with Gasteiger partial charge >= 0.3 is 5.97 Å². The fourth-order valence-electron chi connectivity index (χ4n) is 3.09. The van der Waals surface area contributed by atoms with Crippen LogP contribution in [0.5, 0.6) is 0 Å². The standard InChI is InChI=1S/C21H26N2O3/c1-22-15-9-8-14-20(22)21(24)26-23(16-18-10-4-2-5-11-18)25-17-19-12-6-3-7-13-19/h2-7,10-13,20H,8-9,14-17H2,1H3/t20-/m0/s1. The molecule has 0 unspecified atom stereocenters. The third kappa shape index (κ3) is 5.39. The van der Waals surface area contributed by atoms with E-state index in [2.05, 4.69) is 4.90 Å². The van der Waals surface area contributed by atoms with Crippen LogP contribution in [0.15, 0.2) is 60.7 Å². The van der Waals surface area contributed by atoms with E-state index in [0.29, 0.717) is 13.2 Å². The first-order valence-electron chi connectivity index (χ1n) is 9.13. The minimum atomic E-state index is -0.254. The topological polar surface area (TPSA) is 42.0 Å². The predicted molar refractivity (Wildman–Crippen MR) is 99.6 cm³/mol. The zero-order valence-electron chi connectivity index (χ0n) is 15.2. The Morgan fingerprint density at radius 2 is 1.69 bits per heavy atom. The summed E-state index contributed by atoms with van der Waals surface area (Å²) >= 11 is 0. The summed E-state index contributed by atoms with van der Waals surface area (Å²) in [6.45, 7) is 1.65. The molecule has 26 heavy (non-hydrogen) atoms. The Labute approximate surface area is 155 Å². The SMILES string of the molecule is CN1CCCC[C@H]1C(=O)ON(Cc1ccccc1)OCc1ccccc1. The highest BCUT2D eigenvalue weighted by molar-refractivity contribution is 5.75. The number of hydrogen-bond acceptors (Lipinski definition) is 5. The Kier molecular flexibility index (Phi) is 6.77. The van der Waals surface area contributed by atoms with Crippen molar-refractivity contribution >= 4 is 5.97 Å². The number of likely N-dealkylation sites (N-methyl/N-ethyl adjacent to an activating group) is 1. The van der Waals surface area contributed by atoms with E-state index in [1.54, 1.807) is 0 Å². The van der Waals surface area contributed by atoms with E-state index in [4.69, 9.17) is 9.68 Å². The van der Waals surface area contributed by atoms with Gasteiger partial charge in [-0.15, -0.1) is 0 Å². The van der Waals surface area contributed by atoms with Gasteiger partial charge in [-0.2, -0.15) is 0 Å². The summed E-state index contributed by atoms with van der Waals surface area (Å²) < 4.78 is 0. The van der Waals surface area contributed by atoms with Crippen LogP contribution in [0.2, 0.25) is 0 Å². The molecule has 0 radical (unpaired) electrons. The smallest absolute Gasteiger partial charge is 0.340 e. The molecule has 0 aromatic heterocycles. The van der Waals surface area contributed by atoms with Crippen molar-refractivity contribution in [3.8, 4) is 0 Å². The first-order chi connectivity index (χ1) is 12.7. The van der Waals surface area contributed by atoms with Crippen molar-refractivity contribution in [3.05, 3.63) is 71.8 Å². The fraction of sp³-hybridized carbons (Fsp3) is 0.381. The molecule has 1 aliphatic rings. The van der Waals surface area contributed by atoms with Crippen LogP contribution in [0.1, 0.15) is 30.4 Å². The molecule has 1 atom stereocenters. The van der Waals surface area contributed by atoms with Crippen LogP contribution >= 0.6 is 0 Å². The maximum Gasteiger partial charge on any atom is 0.345 e. The van der Waals surface area contributed by atoms with E-state index in [1.165, 1.54) is 5.23 Å². The molecular weight excluding hydrogens is 328 g/mol. The number of benzene rings is 2. The van der Waals surface area contributed by atoms with Gasteiger partial charge in [0.25, 0.3) is 0 Å². The van der Waals surface area contributed by atoms with E-state index in [1.807, 2.05) is 67.7 Å². The van der Waals surface area contributed by atoms with Gasteiger partial charge in [-0.1, -0.05) is 67.1 Å². The number of piperidine rings is 1. The Balaban J connectivity index is 1.64. The Bertz CT molecular complexity index is 678. The largest absolute Gasteiger partial charge is 0.345 e.